The summed E-state index contributed by atoms with van der Waals surface area (Å²) in [5, 5.41) is 8.55. The molecule has 1 aromatic heterocycles. The van der Waals surface area contributed by atoms with Crippen LogP contribution in [0.4, 0.5) is 32.4 Å². The van der Waals surface area contributed by atoms with E-state index in [9.17, 15) is 31.5 Å². The molecule has 36 heavy (non-hydrogen) atoms. The molecule has 1 aliphatic heterocycles. The van der Waals surface area contributed by atoms with Crippen molar-refractivity contribution in [2.45, 2.75) is 38.3 Å². The van der Waals surface area contributed by atoms with Gasteiger partial charge in [0, 0.05) is 24.7 Å². The largest absolute Gasteiger partial charge is 0.573 e. The van der Waals surface area contributed by atoms with Crippen LogP contribution in [0.1, 0.15) is 36.2 Å². The maximum atomic E-state index is 13.3. The van der Waals surface area contributed by atoms with Crippen LogP contribution in [0.15, 0.2) is 47.0 Å². The van der Waals surface area contributed by atoms with E-state index < -0.39 is 30.1 Å². The van der Waals surface area contributed by atoms with E-state index in [-0.39, 0.29) is 48.6 Å². The minimum absolute atomic E-state index is 0.0401. The number of hydrogen-bond acceptors (Lipinski definition) is 6. The number of ether oxygens (including phenoxy) is 1. The van der Waals surface area contributed by atoms with Gasteiger partial charge in [0.25, 0.3) is 0 Å². The van der Waals surface area contributed by atoms with Crippen LogP contribution in [0.3, 0.4) is 0 Å². The molecule has 0 aliphatic carbocycles. The van der Waals surface area contributed by atoms with Gasteiger partial charge in [0.2, 0.25) is 11.8 Å². The number of nitrogens with one attached hydrogen (secondary N) is 2. The first kappa shape index (κ1) is 24.9. The van der Waals surface area contributed by atoms with E-state index in [4.69, 9.17) is 4.52 Å². The summed E-state index contributed by atoms with van der Waals surface area (Å²) in [5.41, 5.74) is 0.610. The smallest absolute Gasteiger partial charge is 0.406 e. The van der Waals surface area contributed by atoms with Crippen molar-refractivity contribution < 1.29 is 40.8 Å². The fourth-order valence-electron chi connectivity index (χ4n) is 3.56. The molecule has 2 N–H and O–H groups in total. The molecule has 1 atom stereocenters. The molecule has 4 rings (SSSR count). The number of urea groups is 1. The lowest BCUT2D eigenvalue weighted by atomic mass is 10.1. The van der Waals surface area contributed by atoms with Crippen LogP contribution in [0.5, 0.6) is 5.75 Å². The Bertz CT molecular complexity index is 1250. The number of hydrogen-bond donors (Lipinski definition) is 2. The molecule has 1 saturated heterocycles. The third-order valence-electron chi connectivity index (χ3n) is 5.19. The summed E-state index contributed by atoms with van der Waals surface area (Å²) in [6, 6.07) is 6.74. The molecule has 3 aromatic rings. The Hall–Kier alpha value is -4.23. The van der Waals surface area contributed by atoms with Crippen molar-refractivity contribution in [3.8, 4) is 5.75 Å². The van der Waals surface area contributed by atoms with Crippen LogP contribution in [-0.2, 0) is 17.9 Å². The summed E-state index contributed by atoms with van der Waals surface area (Å²) in [6.07, 6.45) is -4.20. The van der Waals surface area contributed by atoms with Crippen molar-refractivity contribution in [3.63, 3.8) is 0 Å². The lowest BCUT2D eigenvalue weighted by Crippen LogP contribution is -2.29. The number of carbonyl (C=O) groups is 2. The lowest BCUT2D eigenvalue weighted by molar-refractivity contribution is -0.274. The second-order valence-electron chi connectivity index (χ2n) is 7.75. The molecule has 1 aliphatic rings. The quantitative estimate of drug-likeness (QED) is 0.455. The summed E-state index contributed by atoms with van der Waals surface area (Å²) in [7, 11) is 0. The molecule has 0 bridgehead atoms. The summed E-state index contributed by atoms with van der Waals surface area (Å²) in [5.74, 6) is -2.49. The van der Waals surface area contributed by atoms with Gasteiger partial charge in [0.05, 0.1) is 6.54 Å². The van der Waals surface area contributed by atoms with Gasteiger partial charge in [-0.1, -0.05) is 17.3 Å². The highest BCUT2D eigenvalue weighted by Gasteiger charge is 2.36. The third kappa shape index (κ3) is 6.25. The molecule has 0 spiro atoms. The van der Waals surface area contributed by atoms with Gasteiger partial charge < -0.3 is 24.8 Å². The highest BCUT2D eigenvalue weighted by Crippen LogP contribution is 2.33. The van der Waals surface area contributed by atoms with E-state index in [1.807, 2.05) is 0 Å². The number of nitrogens with zero attached hydrogens (tertiary/aromatic N) is 3. The maximum absolute atomic E-state index is 13.3. The Balaban J connectivity index is 1.34. The molecule has 0 radical (unpaired) electrons. The maximum Gasteiger partial charge on any atom is 0.573 e. The van der Waals surface area contributed by atoms with Crippen LogP contribution in [0.25, 0.3) is 0 Å². The van der Waals surface area contributed by atoms with Crippen molar-refractivity contribution >= 4 is 17.6 Å². The SMILES string of the molecule is O=C(NCc1noc([C@@H]2CCC(=O)N2Cc2ccc(OC(F)(F)F)cc2)n1)Nc1ccc(F)c(F)c1. The number of halogens is 5. The third-order valence-corrected chi connectivity index (χ3v) is 5.19. The van der Waals surface area contributed by atoms with Gasteiger partial charge in [-0.3, -0.25) is 4.79 Å². The predicted molar refractivity (Wildman–Crippen MR) is 112 cm³/mol. The summed E-state index contributed by atoms with van der Waals surface area (Å²) >= 11 is 0. The fourth-order valence-corrected chi connectivity index (χ4v) is 3.56. The van der Waals surface area contributed by atoms with E-state index in [0.717, 1.165) is 24.3 Å². The lowest BCUT2D eigenvalue weighted by Gasteiger charge is -2.22. The Morgan fingerprint density at radius 3 is 2.58 bits per heavy atom. The van der Waals surface area contributed by atoms with Crippen LogP contribution >= 0.6 is 0 Å². The fraction of sp³-hybridized carbons (Fsp3) is 0.273. The van der Waals surface area contributed by atoms with Gasteiger partial charge >= 0.3 is 12.4 Å². The van der Waals surface area contributed by atoms with Gasteiger partial charge in [-0.2, -0.15) is 4.98 Å². The molecule has 0 saturated carbocycles. The van der Waals surface area contributed by atoms with Crippen LogP contribution < -0.4 is 15.4 Å². The molecular weight excluding hydrogens is 493 g/mol. The van der Waals surface area contributed by atoms with Crippen LogP contribution in [0, 0.1) is 11.6 Å². The average Bonchev–Trinajstić information content (AvgIpc) is 3.42. The number of aromatic nitrogens is 2. The number of alkyl halides is 3. The normalized spacial score (nSPS) is 15.8. The van der Waals surface area contributed by atoms with E-state index in [1.165, 1.54) is 23.1 Å². The van der Waals surface area contributed by atoms with Crippen LogP contribution in [0.2, 0.25) is 0 Å². The van der Waals surface area contributed by atoms with Gasteiger partial charge in [0.1, 0.15) is 11.8 Å². The number of amides is 3. The van der Waals surface area contributed by atoms with Gasteiger partial charge in [0.15, 0.2) is 17.5 Å². The zero-order valence-electron chi connectivity index (χ0n) is 18.3. The highest BCUT2D eigenvalue weighted by atomic mass is 19.4. The monoisotopic (exact) mass is 511 g/mol. The van der Waals surface area contributed by atoms with E-state index >= 15 is 0 Å². The first-order valence-electron chi connectivity index (χ1n) is 10.5. The first-order chi connectivity index (χ1) is 17.1. The zero-order chi connectivity index (χ0) is 25.9. The first-order valence-corrected chi connectivity index (χ1v) is 10.5. The van der Waals surface area contributed by atoms with Crippen molar-refractivity contribution in [2.75, 3.05) is 5.32 Å². The minimum Gasteiger partial charge on any atom is -0.406 e. The second-order valence-corrected chi connectivity index (χ2v) is 7.75. The molecule has 14 heteroatoms. The number of rotatable bonds is 7. The van der Waals surface area contributed by atoms with E-state index in [2.05, 4.69) is 25.5 Å². The standard InChI is InChI=1S/C22H18F5N5O4/c23-15-6-3-13(9-16(15)24)29-21(34)28-10-18-30-20(36-31-18)17-7-8-19(33)32(17)11-12-1-4-14(5-2-12)35-22(25,26)27/h1-6,9,17H,7-8,10-11H2,(H2,28,29,34)/t17-/m0/s1. The van der Waals surface area contributed by atoms with Gasteiger partial charge in [-0.15, -0.1) is 13.2 Å². The Labute approximate surface area is 200 Å². The van der Waals surface area contributed by atoms with Crippen molar-refractivity contribution in [1.29, 1.82) is 0 Å². The van der Waals surface area contributed by atoms with Gasteiger partial charge in [-0.25, -0.2) is 13.6 Å². The van der Waals surface area contributed by atoms with Crippen molar-refractivity contribution in [3.05, 3.63) is 71.4 Å². The summed E-state index contributed by atoms with van der Waals surface area (Å²) in [6.45, 7) is -0.0528. The number of benzene rings is 2. The highest BCUT2D eigenvalue weighted by molar-refractivity contribution is 5.89. The minimum atomic E-state index is -4.80. The summed E-state index contributed by atoms with van der Waals surface area (Å²) < 4.78 is 72.3. The molecule has 2 aromatic carbocycles. The Morgan fingerprint density at radius 2 is 1.89 bits per heavy atom. The number of likely N-dealkylation sites (tertiary alicyclic amines) is 1. The number of anilines is 1. The average molecular weight is 511 g/mol. The summed E-state index contributed by atoms with van der Waals surface area (Å²) in [4.78, 5) is 30.1. The molecule has 9 nitrogen and oxygen atoms in total. The van der Waals surface area contributed by atoms with Crippen LogP contribution in [-0.4, -0.2) is 33.3 Å². The Morgan fingerprint density at radius 1 is 1.14 bits per heavy atom. The predicted octanol–water partition coefficient (Wildman–Crippen LogP) is 4.43. The zero-order valence-corrected chi connectivity index (χ0v) is 18.3. The molecular formula is C22H18F5N5O4. The Kier molecular flexibility index (Phi) is 7.03. The molecule has 1 fully saturated rings. The second kappa shape index (κ2) is 10.2. The topological polar surface area (TPSA) is 110 Å². The molecule has 0 unspecified atom stereocenters. The molecule has 190 valence electrons. The van der Waals surface area contributed by atoms with Crippen molar-refractivity contribution in [2.24, 2.45) is 0 Å². The van der Waals surface area contributed by atoms with E-state index in [0.29, 0.717) is 12.0 Å². The molecule has 2 heterocycles. The van der Waals surface area contributed by atoms with Crippen molar-refractivity contribution in [1.82, 2.24) is 20.4 Å². The molecule has 3 amide bonds. The van der Waals surface area contributed by atoms with Gasteiger partial charge in [-0.05, 0) is 36.2 Å². The number of carbonyl (C=O) groups excluding carboxylic acids is 2. The van der Waals surface area contributed by atoms with E-state index in [1.54, 1.807) is 0 Å².